The number of para-hydroxylation sites is 1. The van der Waals surface area contributed by atoms with Crippen LogP contribution in [0.4, 0.5) is 17.1 Å². The van der Waals surface area contributed by atoms with E-state index in [9.17, 15) is 9.90 Å². The molecular formula is C28H27N3O2S. The first-order valence-corrected chi connectivity index (χ1v) is 12.4. The smallest absolute Gasteiger partial charge is 0.339 e. The number of aromatic carboxylic acids is 1. The van der Waals surface area contributed by atoms with Gasteiger partial charge in [-0.3, -0.25) is 4.99 Å². The zero-order chi connectivity index (χ0) is 23.7. The summed E-state index contributed by atoms with van der Waals surface area (Å²) in [6.45, 7) is 4.06. The molecule has 2 N–H and O–H groups in total. The summed E-state index contributed by atoms with van der Waals surface area (Å²) >= 11 is 1.63. The fourth-order valence-electron chi connectivity index (χ4n) is 4.62. The van der Waals surface area contributed by atoms with Gasteiger partial charge in [0.2, 0.25) is 0 Å². The van der Waals surface area contributed by atoms with Crippen molar-refractivity contribution in [3.8, 4) is 5.00 Å². The predicted octanol–water partition coefficient (Wildman–Crippen LogP) is 7.23. The summed E-state index contributed by atoms with van der Waals surface area (Å²) in [7, 11) is 0. The number of anilines is 2. The van der Waals surface area contributed by atoms with Crippen molar-refractivity contribution in [3.63, 3.8) is 0 Å². The molecule has 172 valence electrons. The van der Waals surface area contributed by atoms with Gasteiger partial charge in [0.15, 0.2) is 0 Å². The molecule has 0 aliphatic heterocycles. The third-order valence-corrected chi connectivity index (χ3v) is 7.60. The molecule has 1 aliphatic rings. The number of aliphatic imine (C=N–C) groups is 1. The second-order valence-electron chi connectivity index (χ2n) is 8.65. The largest absolute Gasteiger partial charge is 0.478 e. The van der Waals surface area contributed by atoms with Gasteiger partial charge >= 0.3 is 5.97 Å². The number of carboxylic acid groups (broad SMARTS) is 1. The molecule has 0 atom stereocenters. The summed E-state index contributed by atoms with van der Waals surface area (Å²) in [5.74, 6) is -0.832. The molecule has 34 heavy (non-hydrogen) atoms. The minimum Gasteiger partial charge on any atom is -0.478 e. The minimum absolute atomic E-state index is 0.478. The van der Waals surface area contributed by atoms with Gasteiger partial charge < -0.3 is 15.0 Å². The van der Waals surface area contributed by atoms with Crippen LogP contribution in [0.3, 0.4) is 0 Å². The van der Waals surface area contributed by atoms with Crippen LogP contribution >= 0.6 is 11.3 Å². The maximum atomic E-state index is 12.2. The average molecular weight is 470 g/mol. The molecule has 1 aliphatic carbocycles. The van der Waals surface area contributed by atoms with E-state index < -0.39 is 5.97 Å². The van der Waals surface area contributed by atoms with Crippen molar-refractivity contribution < 1.29 is 9.90 Å². The molecule has 2 aromatic carbocycles. The maximum absolute atomic E-state index is 12.2. The quantitative estimate of drug-likeness (QED) is 0.293. The Hall–Kier alpha value is -3.64. The third-order valence-electron chi connectivity index (χ3n) is 6.32. The maximum Gasteiger partial charge on any atom is 0.339 e. The standard InChI is InChI=1S/C28H27N3O2S/c1-18-16-20(17-29-21-12-14-23(15-13-21)30-22-8-4-3-5-9-22)19(2)31(18)27-26(28(32)33)24-10-6-7-11-25(24)34-27/h3-5,8-9,12-17,30H,6-7,10-11H2,1-2H3,(H,32,33). The third kappa shape index (κ3) is 4.29. The first-order chi connectivity index (χ1) is 16.5. The van der Waals surface area contributed by atoms with Crippen molar-refractivity contribution in [1.29, 1.82) is 0 Å². The number of hydrogen-bond donors (Lipinski definition) is 2. The van der Waals surface area contributed by atoms with E-state index in [-0.39, 0.29) is 0 Å². The van der Waals surface area contributed by atoms with Crippen LogP contribution < -0.4 is 5.32 Å². The van der Waals surface area contributed by atoms with E-state index in [4.69, 9.17) is 0 Å². The lowest BCUT2D eigenvalue weighted by Crippen LogP contribution is -2.09. The summed E-state index contributed by atoms with van der Waals surface area (Å²) in [6.07, 6.45) is 5.89. The van der Waals surface area contributed by atoms with Gasteiger partial charge in [0, 0.05) is 39.4 Å². The second-order valence-corrected chi connectivity index (χ2v) is 9.74. The summed E-state index contributed by atoms with van der Waals surface area (Å²) in [5, 5.41) is 14.2. The fraction of sp³-hybridized carbons (Fsp3) is 0.214. The molecule has 2 heterocycles. The van der Waals surface area contributed by atoms with Crippen LogP contribution in [0, 0.1) is 13.8 Å². The normalized spacial score (nSPS) is 13.2. The van der Waals surface area contributed by atoms with Crippen molar-refractivity contribution in [3.05, 3.63) is 93.6 Å². The van der Waals surface area contributed by atoms with Gasteiger partial charge in [-0.1, -0.05) is 18.2 Å². The molecule has 0 spiro atoms. The topological polar surface area (TPSA) is 66.6 Å². The van der Waals surface area contributed by atoms with Gasteiger partial charge in [-0.2, -0.15) is 0 Å². The summed E-state index contributed by atoms with van der Waals surface area (Å²) in [5.41, 5.74) is 7.44. The Morgan fingerprint density at radius 1 is 1.03 bits per heavy atom. The Kier molecular flexibility index (Phi) is 6.07. The van der Waals surface area contributed by atoms with E-state index in [0.717, 1.165) is 70.3 Å². The van der Waals surface area contributed by atoms with Crippen LogP contribution in [0.1, 0.15) is 50.6 Å². The summed E-state index contributed by atoms with van der Waals surface area (Å²) in [4.78, 5) is 18.1. The van der Waals surface area contributed by atoms with Gasteiger partial charge in [-0.25, -0.2) is 4.79 Å². The Balaban J connectivity index is 1.41. The van der Waals surface area contributed by atoms with E-state index in [1.165, 1.54) is 4.88 Å². The van der Waals surface area contributed by atoms with E-state index in [2.05, 4.69) is 20.9 Å². The zero-order valence-electron chi connectivity index (χ0n) is 19.3. The van der Waals surface area contributed by atoms with E-state index in [1.54, 1.807) is 11.3 Å². The molecule has 0 unspecified atom stereocenters. The average Bonchev–Trinajstić information content (AvgIpc) is 3.35. The van der Waals surface area contributed by atoms with Crippen molar-refractivity contribution in [2.75, 3.05) is 5.32 Å². The van der Waals surface area contributed by atoms with Crippen molar-refractivity contribution in [1.82, 2.24) is 4.57 Å². The van der Waals surface area contributed by atoms with Crippen molar-refractivity contribution in [2.24, 2.45) is 4.99 Å². The number of nitrogens with one attached hydrogen (secondary N) is 1. The zero-order valence-corrected chi connectivity index (χ0v) is 20.2. The molecule has 0 fully saturated rings. The molecule has 5 rings (SSSR count). The Bertz CT molecular complexity index is 1370. The number of fused-ring (bicyclic) bond motifs is 1. The lowest BCUT2D eigenvalue weighted by molar-refractivity contribution is 0.0696. The minimum atomic E-state index is -0.832. The van der Waals surface area contributed by atoms with E-state index >= 15 is 0 Å². The molecule has 0 saturated heterocycles. The molecule has 5 nitrogen and oxygen atoms in total. The van der Waals surface area contributed by atoms with E-state index in [1.807, 2.05) is 74.7 Å². The van der Waals surface area contributed by atoms with Gasteiger partial charge in [0.1, 0.15) is 5.00 Å². The molecular weight excluding hydrogens is 442 g/mol. The van der Waals surface area contributed by atoms with Crippen LogP contribution in [-0.2, 0) is 12.8 Å². The fourth-order valence-corrected chi connectivity index (χ4v) is 6.12. The highest BCUT2D eigenvalue weighted by molar-refractivity contribution is 7.15. The number of hydrogen-bond acceptors (Lipinski definition) is 4. The number of benzene rings is 2. The van der Waals surface area contributed by atoms with Crippen LogP contribution in [0.25, 0.3) is 5.00 Å². The van der Waals surface area contributed by atoms with Crippen molar-refractivity contribution in [2.45, 2.75) is 39.5 Å². The van der Waals surface area contributed by atoms with Crippen molar-refractivity contribution >= 4 is 40.6 Å². The predicted molar refractivity (Wildman–Crippen MR) is 140 cm³/mol. The van der Waals surface area contributed by atoms with E-state index in [0.29, 0.717) is 5.56 Å². The van der Waals surface area contributed by atoms with Gasteiger partial charge in [-0.15, -0.1) is 11.3 Å². The Morgan fingerprint density at radius 3 is 2.47 bits per heavy atom. The summed E-state index contributed by atoms with van der Waals surface area (Å²) < 4.78 is 2.08. The molecule has 0 bridgehead atoms. The monoisotopic (exact) mass is 469 g/mol. The summed E-state index contributed by atoms with van der Waals surface area (Å²) in [6, 6.07) is 20.1. The number of nitrogens with zero attached hydrogens (tertiary/aromatic N) is 2. The molecule has 0 radical (unpaired) electrons. The number of thiophene rings is 1. The molecule has 4 aromatic rings. The van der Waals surface area contributed by atoms with Gasteiger partial charge in [0.05, 0.1) is 11.3 Å². The first kappa shape index (κ1) is 22.2. The molecule has 0 saturated carbocycles. The number of aryl methyl sites for hydroxylation is 2. The van der Waals surface area contributed by atoms with Crippen LogP contribution in [0.15, 0.2) is 65.7 Å². The molecule has 6 heteroatoms. The van der Waals surface area contributed by atoms with Crippen LogP contribution in [0.5, 0.6) is 0 Å². The Morgan fingerprint density at radius 2 is 1.74 bits per heavy atom. The SMILES string of the molecule is Cc1cc(C=Nc2ccc(Nc3ccccc3)cc2)c(C)n1-c1sc2c(c1C(=O)O)CCCC2. The highest BCUT2D eigenvalue weighted by Crippen LogP contribution is 2.38. The Labute approximate surface area is 203 Å². The van der Waals surface area contributed by atoms with Gasteiger partial charge in [-0.05, 0) is 87.6 Å². The number of carboxylic acids is 1. The number of aromatic nitrogens is 1. The highest BCUT2D eigenvalue weighted by atomic mass is 32.1. The van der Waals surface area contributed by atoms with Crippen LogP contribution in [-0.4, -0.2) is 21.9 Å². The lowest BCUT2D eigenvalue weighted by Gasteiger charge is -2.11. The lowest BCUT2D eigenvalue weighted by atomic mass is 9.95. The van der Waals surface area contributed by atoms with Gasteiger partial charge in [0.25, 0.3) is 0 Å². The number of carbonyl (C=O) groups is 1. The highest BCUT2D eigenvalue weighted by Gasteiger charge is 2.27. The first-order valence-electron chi connectivity index (χ1n) is 11.5. The molecule has 0 amide bonds. The second kappa shape index (κ2) is 9.31. The number of rotatable bonds is 6. The molecule has 2 aromatic heterocycles. The van der Waals surface area contributed by atoms with Crippen LogP contribution in [0.2, 0.25) is 0 Å².